The van der Waals surface area contributed by atoms with Gasteiger partial charge in [-0.05, 0) is 44.9 Å². The van der Waals surface area contributed by atoms with E-state index in [1.165, 1.54) is 0 Å². The predicted octanol–water partition coefficient (Wildman–Crippen LogP) is 2.95. The molecule has 2 aliphatic rings. The number of amides is 2. The van der Waals surface area contributed by atoms with E-state index in [9.17, 15) is 9.59 Å². The lowest BCUT2D eigenvalue weighted by atomic mass is 9.94. The quantitative estimate of drug-likeness (QED) is 0.839. The van der Waals surface area contributed by atoms with Crippen LogP contribution >= 0.6 is 0 Å². The highest BCUT2D eigenvalue weighted by atomic mass is 16.5. The van der Waals surface area contributed by atoms with Crippen LogP contribution in [0, 0.1) is 0 Å². The van der Waals surface area contributed by atoms with Crippen molar-refractivity contribution in [1.29, 1.82) is 0 Å². The summed E-state index contributed by atoms with van der Waals surface area (Å²) in [5.74, 6) is 1.09. The Balaban J connectivity index is 1.83. The number of methoxy groups -OCH3 is 2. The molecule has 0 spiro atoms. The van der Waals surface area contributed by atoms with Gasteiger partial charge in [0.1, 0.15) is 22.7 Å². The zero-order valence-electron chi connectivity index (χ0n) is 17.6. The van der Waals surface area contributed by atoms with Crippen LogP contribution in [0.2, 0.25) is 0 Å². The molecule has 0 radical (unpaired) electrons. The lowest BCUT2D eigenvalue weighted by molar-refractivity contribution is -0.133. The van der Waals surface area contributed by atoms with Crippen molar-refractivity contribution in [3.05, 3.63) is 23.9 Å². The maximum Gasteiger partial charge on any atom is 0.271 e. The van der Waals surface area contributed by atoms with E-state index in [0.29, 0.717) is 30.3 Å². The summed E-state index contributed by atoms with van der Waals surface area (Å²) < 4.78 is 13.0. The molecule has 1 aliphatic heterocycles. The van der Waals surface area contributed by atoms with Gasteiger partial charge < -0.3 is 24.3 Å². The molecule has 156 valence electrons. The second kappa shape index (κ2) is 7.28. The van der Waals surface area contributed by atoms with Gasteiger partial charge in [0.15, 0.2) is 0 Å². The first kappa shape index (κ1) is 19.6. The molecule has 1 aromatic heterocycles. The fraction of sp³-hybridized carbons (Fsp3) is 0.545. The van der Waals surface area contributed by atoms with Crippen molar-refractivity contribution in [3.63, 3.8) is 0 Å². The van der Waals surface area contributed by atoms with E-state index in [4.69, 9.17) is 9.47 Å². The van der Waals surface area contributed by atoms with Crippen molar-refractivity contribution in [2.24, 2.45) is 0 Å². The largest absolute Gasteiger partial charge is 0.496 e. The number of ether oxygens (including phenoxy) is 2. The van der Waals surface area contributed by atoms with Crippen molar-refractivity contribution >= 4 is 22.7 Å². The first-order valence-corrected chi connectivity index (χ1v) is 10.3. The maximum atomic E-state index is 13.4. The molecule has 1 aliphatic carbocycles. The smallest absolute Gasteiger partial charge is 0.271 e. The molecule has 0 saturated heterocycles. The lowest BCUT2D eigenvalue weighted by Gasteiger charge is -2.44. The van der Waals surface area contributed by atoms with Crippen molar-refractivity contribution in [1.82, 2.24) is 14.8 Å². The Morgan fingerprint density at radius 3 is 2.48 bits per heavy atom. The number of carbonyl (C=O) groups excluding carboxylic acids is 2. The molecule has 2 heterocycles. The number of likely N-dealkylation sites (N-methyl/N-ethyl adjacent to an activating group) is 1. The van der Waals surface area contributed by atoms with Gasteiger partial charge in [-0.1, -0.05) is 12.8 Å². The molecule has 1 aromatic carbocycles. The third kappa shape index (κ3) is 2.94. The molecule has 1 atom stereocenters. The van der Waals surface area contributed by atoms with Gasteiger partial charge in [0.05, 0.1) is 26.3 Å². The van der Waals surface area contributed by atoms with E-state index in [1.807, 2.05) is 36.6 Å². The Bertz CT molecular complexity index is 961. The molecule has 7 heteroatoms. The highest BCUT2D eigenvalue weighted by Crippen LogP contribution is 2.40. The van der Waals surface area contributed by atoms with Gasteiger partial charge in [-0.3, -0.25) is 9.59 Å². The number of fused-ring (bicyclic) bond motifs is 3. The predicted molar refractivity (Wildman–Crippen MR) is 111 cm³/mol. The number of nitrogens with zero attached hydrogens (tertiary/aromatic N) is 2. The van der Waals surface area contributed by atoms with Crippen LogP contribution in [0.3, 0.4) is 0 Å². The third-order valence-corrected chi connectivity index (χ3v) is 6.44. The Labute approximate surface area is 170 Å². The normalized spacial score (nSPS) is 22.1. The van der Waals surface area contributed by atoms with E-state index in [2.05, 4.69) is 5.32 Å². The minimum absolute atomic E-state index is 0.0889. The van der Waals surface area contributed by atoms with Gasteiger partial charge in [0, 0.05) is 18.0 Å². The summed E-state index contributed by atoms with van der Waals surface area (Å²) in [5, 5.41) is 4.01. The van der Waals surface area contributed by atoms with E-state index in [1.54, 1.807) is 19.1 Å². The summed E-state index contributed by atoms with van der Waals surface area (Å²) in [7, 11) is 3.22. The Morgan fingerprint density at radius 2 is 1.86 bits per heavy atom. The molecule has 2 aromatic rings. The van der Waals surface area contributed by atoms with Crippen LogP contribution in [0.25, 0.3) is 10.9 Å². The van der Waals surface area contributed by atoms with Gasteiger partial charge in [-0.2, -0.15) is 0 Å². The van der Waals surface area contributed by atoms with Crippen LogP contribution in [-0.4, -0.2) is 53.6 Å². The molecule has 2 amide bonds. The zero-order chi connectivity index (χ0) is 20.8. The molecule has 1 saturated carbocycles. The number of aromatic nitrogens is 1. The Morgan fingerprint density at radius 1 is 1.21 bits per heavy atom. The standard InChI is InChI=1S/C22H29N3O4/c1-5-25-20(26)16-12-15-17(28-3)10-11-18(29-4)19(15)24(16)13-22(25,2)21(27)23-14-8-6-7-9-14/h10-12,14H,5-9,13H2,1-4H3,(H,23,27). The van der Waals surface area contributed by atoms with E-state index in [-0.39, 0.29) is 17.9 Å². The second-order valence-electron chi connectivity index (χ2n) is 8.13. The topological polar surface area (TPSA) is 72.8 Å². The number of rotatable bonds is 5. The molecule has 1 fully saturated rings. The van der Waals surface area contributed by atoms with Crippen LogP contribution in [0.4, 0.5) is 0 Å². The number of nitrogens with one attached hydrogen (secondary N) is 1. The number of hydrogen-bond donors (Lipinski definition) is 1. The monoisotopic (exact) mass is 399 g/mol. The van der Waals surface area contributed by atoms with E-state index >= 15 is 0 Å². The van der Waals surface area contributed by atoms with E-state index in [0.717, 1.165) is 36.6 Å². The van der Waals surface area contributed by atoms with Gasteiger partial charge in [0.2, 0.25) is 5.91 Å². The van der Waals surface area contributed by atoms with Crippen LogP contribution in [0.15, 0.2) is 18.2 Å². The summed E-state index contributed by atoms with van der Waals surface area (Å²) in [6, 6.07) is 5.71. The summed E-state index contributed by atoms with van der Waals surface area (Å²) in [6.07, 6.45) is 4.29. The van der Waals surface area contributed by atoms with Crippen LogP contribution < -0.4 is 14.8 Å². The molecule has 1 unspecified atom stereocenters. The average Bonchev–Trinajstić information content (AvgIpc) is 3.35. The summed E-state index contributed by atoms with van der Waals surface area (Å²) >= 11 is 0. The molecule has 1 N–H and O–H groups in total. The number of hydrogen-bond acceptors (Lipinski definition) is 4. The van der Waals surface area contributed by atoms with Crippen molar-refractivity contribution in [2.75, 3.05) is 20.8 Å². The molecule has 4 rings (SSSR count). The molecule has 7 nitrogen and oxygen atoms in total. The molecule has 29 heavy (non-hydrogen) atoms. The van der Waals surface area contributed by atoms with Gasteiger partial charge >= 0.3 is 0 Å². The minimum atomic E-state index is -0.971. The number of carbonyl (C=O) groups is 2. The fourth-order valence-electron chi connectivity index (χ4n) is 4.86. The SMILES string of the molecule is CCN1C(=O)c2cc3c(OC)ccc(OC)c3n2CC1(C)C(=O)NC1CCCC1. The highest BCUT2D eigenvalue weighted by Gasteiger charge is 2.48. The first-order chi connectivity index (χ1) is 13.9. The van der Waals surface area contributed by atoms with Gasteiger partial charge in [-0.25, -0.2) is 0 Å². The Hall–Kier alpha value is -2.70. The van der Waals surface area contributed by atoms with Crippen molar-refractivity contribution < 1.29 is 19.1 Å². The maximum absolute atomic E-state index is 13.4. The summed E-state index contributed by atoms with van der Waals surface area (Å²) in [5.41, 5.74) is 0.364. The van der Waals surface area contributed by atoms with Gasteiger partial charge in [-0.15, -0.1) is 0 Å². The lowest BCUT2D eigenvalue weighted by Crippen LogP contribution is -2.64. The zero-order valence-corrected chi connectivity index (χ0v) is 17.6. The summed E-state index contributed by atoms with van der Waals surface area (Å²) in [4.78, 5) is 28.5. The second-order valence-corrected chi connectivity index (χ2v) is 8.13. The van der Waals surface area contributed by atoms with Crippen molar-refractivity contribution in [2.45, 2.75) is 57.7 Å². The van der Waals surface area contributed by atoms with Gasteiger partial charge in [0.25, 0.3) is 5.91 Å². The molecular weight excluding hydrogens is 370 g/mol. The fourth-order valence-corrected chi connectivity index (χ4v) is 4.86. The van der Waals surface area contributed by atoms with E-state index < -0.39 is 5.54 Å². The molecule has 0 bridgehead atoms. The average molecular weight is 399 g/mol. The van der Waals surface area contributed by atoms with Crippen LogP contribution in [-0.2, 0) is 11.3 Å². The molecular formula is C22H29N3O4. The Kier molecular flexibility index (Phi) is 4.92. The third-order valence-electron chi connectivity index (χ3n) is 6.44. The summed E-state index contributed by atoms with van der Waals surface area (Å²) in [6.45, 7) is 4.61. The minimum Gasteiger partial charge on any atom is -0.496 e. The van der Waals surface area contributed by atoms with Crippen LogP contribution in [0.5, 0.6) is 11.5 Å². The van der Waals surface area contributed by atoms with Crippen LogP contribution in [0.1, 0.15) is 50.0 Å². The number of benzene rings is 1. The van der Waals surface area contributed by atoms with Crippen molar-refractivity contribution in [3.8, 4) is 11.5 Å². The first-order valence-electron chi connectivity index (χ1n) is 10.3. The highest BCUT2D eigenvalue weighted by molar-refractivity contribution is 6.05.